The van der Waals surface area contributed by atoms with Gasteiger partial charge < -0.3 is 10.2 Å². The van der Waals surface area contributed by atoms with Crippen LogP contribution in [-0.4, -0.2) is 38.9 Å². The second kappa shape index (κ2) is 12.0. The summed E-state index contributed by atoms with van der Waals surface area (Å²) < 4.78 is 1.74. The van der Waals surface area contributed by atoms with E-state index in [-0.39, 0.29) is 17.5 Å². The third-order valence-corrected chi connectivity index (χ3v) is 8.23. The van der Waals surface area contributed by atoms with E-state index >= 15 is 0 Å². The van der Waals surface area contributed by atoms with E-state index in [1.54, 1.807) is 10.9 Å². The number of rotatable bonds is 6. The SMILES string of the molecule is Cc1ccc(-n2nc(C(C)(C)C)cc2NC(=O)Nc2ccc(C3=CC(N(C)c4ccccn4)CCC3)c3ccccc23)cn1. The molecule has 1 aliphatic carbocycles. The second-order valence-electron chi connectivity index (χ2n) is 12.5. The summed E-state index contributed by atoms with van der Waals surface area (Å²) in [5.41, 5.74) is 5.65. The summed E-state index contributed by atoms with van der Waals surface area (Å²) in [5, 5.41) is 13.1. The zero-order valence-electron chi connectivity index (χ0n) is 26.0. The molecule has 0 spiro atoms. The van der Waals surface area contributed by atoms with Gasteiger partial charge in [-0.2, -0.15) is 5.10 Å². The van der Waals surface area contributed by atoms with Gasteiger partial charge in [-0.25, -0.2) is 14.5 Å². The fraction of sp³-hybridized carbons (Fsp3) is 0.278. The Morgan fingerprint density at radius 1 is 0.955 bits per heavy atom. The molecule has 0 fully saturated rings. The quantitative estimate of drug-likeness (QED) is 0.210. The van der Waals surface area contributed by atoms with Crippen molar-refractivity contribution in [3.8, 4) is 5.69 Å². The van der Waals surface area contributed by atoms with E-state index in [1.807, 2.05) is 55.6 Å². The molecule has 3 aromatic heterocycles. The number of benzene rings is 2. The first-order chi connectivity index (χ1) is 21.2. The predicted octanol–water partition coefficient (Wildman–Crippen LogP) is 8.14. The Balaban J connectivity index is 1.28. The zero-order chi connectivity index (χ0) is 30.8. The van der Waals surface area contributed by atoms with E-state index in [2.05, 4.69) is 89.7 Å². The van der Waals surface area contributed by atoms with Crippen molar-refractivity contribution in [2.24, 2.45) is 0 Å². The number of amides is 2. The highest BCUT2D eigenvalue weighted by Gasteiger charge is 2.23. The molecule has 8 heteroatoms. The van der Waals surface area contributed by atoms with Crippen LogP contribution in [0.15, 0.2) is 91.3 Å². The van der Waals surface area contributed by atoms with E-state index in [4.69, 9.17) is 5.10 Å². The highest BCUT2D eigenvalue weighted by Crippen LogP contribution is 2.36. The first kappa shape index (κ1) is 29.1. The normalized spacial score (nSPS) is 15.1. The molecule has 0 bridgehead atoms. The summed E-state index contributed by atoms with van der Waals surface area (Å²) in [6, 6.07) is 24.2. The van der Waals surface area contributed by atoms with Crippen LogP contribution in [0.4, 0.5) is 22.1 Å². The standard InChI is InChI=1S/C36H39N7O/c1-24-16-17-27(23-38-24)43-34(22-32(41-43)36(2,3)4)40-35(44)39-31-19-18-28(29-13-6-7-14-30(29)31)25-11-10-12-26(21-25)42(5)33-15-8-9-20-37-33/h6-9,13-23,26H,10-12H2,1-5H3,(H2,39,40,44). The fourth-order valence-corrected chi connectivity index (χ4v) is 5.74. The van der Waals surface area contributed by atoms with Gasteiger partial charge in [-0.3, -0.25) is 10.3 Å². The second-order valence-corrected chi connectivity index (χ2v) is 12.5. The number of carbonyl (C=O) groups excluding carboxylic acids is 1. The number of aryl methyl sites for hydroxylation is 1. The zero-order valence-corrected chi connectivity index (χ0v) is 26.0. The van der Waals surface area contributed by atoms with Crippen molar-refractivity contribution in [1.82, 2.24) is 19.7 Å². The number of fused-ring (bicyclic) bond motifs is 1. The molecule has 0 saturated heterocycles. The molecule has 1 atom stereocenters. The number of hydrogen-bond acceptors (Lipinski definition) is 5. The molecule has 3 heterocycles. The van der Waals surface area contributed by atoms with Crippen LogP contribution in [0.5, 0.6) is 0 Å². The summed E-state index contributed by atoms with van der Waals surface area (Å²) in [6.45, 7) is 8.25. The maximum atomic E-state index is 13.5. The molecule has 224 valence electrons. The van der Waals surface area contributed by atoms with Gasteiger partial charge in [0.2, 0.25) is 0 Å². The molecule has 8 nitrogen and oxygen atoms in total. The summed E-state index contributed by atoms with van der Waals surface area (Å²) in [4.78, 5) is 24.7. The highest BCUT2D eigenvalue weighted by molar-refractivity contribution is 6.08. The van der Waals surface area contributed by atoms with Crippen molar-refractivity contribution in [2.45, 2.75) is 58.4 Å². The monoisotopic (exact) mass is 585 g/mol. The minimum atomic E-state index is -0.335. The summed E-state index contributed by atoms with van der Waals surface area (Å²) in [6.07, 6.45) is 9.19. The van der Waals surface area contributed by atoms with E-state index in [9.17, 15) is 4.79 Å². The number of likely N-dealkylation sites (N-methyl/N-ethyl adjacent to an activating group) is 1. The van der Waals surface area contributed by atoms with Crippen molar-refractivity contribution in [2.75, 3.05) is 22.6 Å². The van der Waals surface area contributed by atoms with E-state index < -0.39 is 0 Å². The molecule has 2 aromatic carbocycles. The topological polar surface area (TPSA) is 88.0 Å². The first-order valence-electron chi connectivity index (χ1n) is 15.2. The van der Waals surface area contributed by atoms with Gasteiger partial charge in [0.05, 0.1) is 23.3 Å². The molecule has 6 rings (SSSR count). The van der Waals surface area contributed by atoms with Gasteiger partial charge in [-0.05, 0) is 73.0 Å². The molecule has 1 aliphatic rings. The average molecular weight is 586 g/mol. The van der Waals surface area contributed by atoms with Crippen molar-refractivity contribution in [3.63, 3.8) is 0 Å². The van der Waals surface area contributed by atoms with Crippen LogP contribution >= 0.6 is 0 Å². The minimum absolute atomic E-state index is 0.193. The largest absolute Gasteiger partial charge is 0.353 e. The van der Waals surface area contributed by atoms with Gasteiger partial charge in [-0.1, -0.05) is 63.2 Å². The number of aromatic nitrogens is 4. The van der Waals surface area contributed by atoms with Crippen molar-refractivity contribution < 1.29 is 4.79 Å². The van der Waals surface area contributed by atoms with Crippen molar-refractivity contribution >= 4 is 39.7 Å². The van der Waals surface area contributed by atoms with E-state index in [0.29, 0.717) is 5.82 Å². The molecule has 0 saturated carbocycles. The Labute approximate surface area is 258 Å². The van der Waals surface area contributed by atoms with Crippen LogP contribution in [0.2, 0.25) is 0 Å². The molecule has 1 unspecified atom stereocenters. The van der Waals surface area contributed by atoms with Crippen molar-refractivity contribution in [1.29, 1.82) is 0 Å². The molecular weight excluding hydrogens is 546 g/mol. The van der Waals surface area contributed by atoms with Gasteiger partial charge in [0, 0.05) is 41.8 Å². The molecule has 5 aromatic rings. The molecule has 2 N–H and O–H groups in total. The number of hydrogen-bond donors (Lipinski definition) is 2. The van der Waals surface area contributed by atoms with Gasteiger partial charge in [-0.15, -0.1) is 0 Å². The van der Waals surface area contributed by atoms with Crippen LogP contribution in [0.3, 0.4) is 0 Å². The van der Waals surface area contributed by atoms with Crippen molar-refractivity contribution in [3.05, 3.63) is 108 Å². The maximum absolute atomic E-state index is 13.5. The summed E-state index contributed by atoms with van der Waals surface area (Å²) in [7, 11) is 2.11. The summed E-state index contributed by atoms with van der Waals surface area (Å²) >= 11 is 0. The Morgan fingerprint density at radius 3 is 2.48 bits per heavy atom. The highest BCUT2D eigenvalue weighted by atomic mass is 16.2. The number of carbonyl (C=O) groups is 1. The molecule has 0 aliphatic heterocycles. The Hall–Kier alpha value is -4.98. The molecule has 0 radical (unpaired) electrons. The Morgan fingerprint density at radius 2 is 1.75 bits per heavy atom. The number of pyridine rings is 2. The Bertz CT molecular complexity index is 1820. The molecule has 44 heavy (non-hydrogen) atoms. The van der Waals surface area contributed by atoms with Gasteiger partial charge in [0.1, 0.15) is 11.6 Å². The Kier molecular flexibility index (Phi) is 7.91. The van der Waals surface area contributed by atoms with Gasteiger partial charge >= 0.3 is 6.03 Å². The predicted molar refractivity (Wildman–Crippen MR) is 180 cm³/mol. The lowest BCUT2D eigenvalue weighted by Gasteiger charge is -2.31. The third kappa shape index (κ3) is 6.06. The maximum Gasteiger partial charge on any atom is 0.324 e. The van der Waals surface area contributed by atoms with Crippen LogP contribution in [0.25, 0.3) is 22.0 Å². The van der Waals surface area contributed by atoms with Crippen LogP contribution in [0.1, 0.15) is 57.0 Å². The smallest absolute Gasteiger partial charge is 0.324 e. The molecular formula is C36H39N7O. The van der Waals surface area contributed by atoms with Crippen LogP contribution < -0.4 is 15.5 Å². The lowest BCUT2D eigenvalue weighted by atomic mass is 9.87. The summed E-state index contributed by atoms with van der Waals surface area (Å²) in [5.74, 6) is 1.55. The van der Waals surface area contributed by atoms with Crippen LogP contribution in [0, 0.1) is 6.92 Å². The first-order valence-corrected chi connectivity index (χ1v) is 15.2. The number of nitrogens with zero attached hydrogens (tertiary/aromatic N) is 5. The van der Waals surface area contributed by atoms with E-state index in [1.165, 1.54) is 11.1 Å². The lowest BCUT2D eigenvalue weighted by Crippen LogP contribution is -2.32. The number of allylic oxidation sites excluding steroid dienone is 1. The molecule has 2 amide bonds. The van der Waals surface area contributed by atoms with Gasteiger partial charge in [0.15, 0.2) is 0 Å². The van der Waals surface area contributed by atoms with Gasteiger partial charge in [0.25, 0.3) is 0 Å². The lowest BCUT2D eigenvalue weighted by molar-refractivity contribution is 0.262. The van der Waals surface area contributed by atoms with Crippen LogP contribution in [-0.2, 0) is 5.41 Å². The number of nitrogens with one attached hydrogen (secondary N) is 2. The third-order valence-electron chi connectivity index (χ3n) is 8.23. The van der Waals surface area contributed by atoms with E-state index in [0.717, 1.165) is 58.6 Å². The minimum Gasteiger partial charge on any atom is -0.353 e. The average Bonchev–Trinajstić information content (AvgIpc) is 3.46. The number of anilines is 3. The number of urea groups is 1. The fourth-order valence-electron chi connectivity index (χ4n) is 5.74.